The maximum Gasteiger partial charge on any atom is 0.408 e. The highest BCUT2D eigenvalue weighted by Gasteiger charge is 2.35. The average Bonchev–Trinajstić information content (AvgIpc) is 3.01. The van der Waals surface area contributed by atoms with Gasteiger partial charge in [0.1, 0.15) is 30.3 Å². The topological polar surface area (TPSA) is 186 Å². The summed E-state index contributed by atoms with van der Waals surface area (Å²) in [7, 11) is 0. The minimum Gasteiger partial charge on any atom is -0.445 e. The SMILES string of the molecule is CC(C)C[C@H](NC(=O)[C@@H](NC(=O)OCc1ccccc1)C(C)C)C(=O)N[C@@H](Cc1ccccc1)C(=O)NC(CO)(CO)CO. The Hall–Kier alpha value is -4.00. The van der Waals surface area contributed by atoms with Gasteiger partial charge >= 0.3 is 6.09 Å². The van der Waals surface area contributed by atoms with Crippen LogP contribution in [0.15, 0.2) is 60.7 Å². The number of hydrogen-bond acceptors (Lipinski definition) is 8. The van der Waals surface area contributed by atoms with Crippen molar-refractivity contribution in [3.8, 4) is 0 Å². The van der Waals surface area contributed by atoms with Gasteiger partial charge in [-0.25, -0.2) is 4.79 Å². The number of benzene rings is 2. The van der Waals surface area contributed by atoms with Crippen LogP contribution in [-0.2, 0) is 32.1 Å². The van der Waals surface area contributed by atoms with Crippen molar-refractivity contribution in [3.63, 3.8) is 0 Å². The highest BCUT2D eigenvalue weighted by Crippen LogP contribution is 2.12. The summed E-state index contributed by atoms with van der Waals surface area (Å²) in [6.07, 6.45) is -0.496. The first-order chi connectivity index (χ1) is 20.9. The molecule has 0 aromatic heterocycles. The first-order valence-electron chi connectivity index (χ1n) is 14.7. The number of alkyl carbamates (subject to hydrolysis) is 1. The van der Waals surface area contributed by atoms with Gasteiger partial charge < -0.3 is 41.3 Å². The molecule has 0 fully saturated rings. The van der Waals surface area contributed by atoms with E-state index in [2.05, 4.69) is 21.3 Å². The fraction of sp³-hybridized carbons (Fsp3) is 0.500. The summed E-state index contributed by atoms with van der Waals surface area (Å²) in [4.78, 5) is 52.8. The summed E-state index contributed by atoms with van der Waals surface area (Å²) in [5.41, 5.74) is -0.198. The lowest BCUT2D eigenvalue weighted by atomic mass is 9.98. The van der Waals surface area contributed by atoms with Crippen LogP contribution in [-0.4, -0.2) is 82.6 Å². The maximum absolute atomic E-state index is 13.6. The van der Waals surface area contributed by atoms with Gasteiger partial charge in [0, 0.05) is 6.42 Å². The molecule has 0 radical (unpaired) electrons. The molecule has 2 rings (SSSR count). The number of carbonyl (C=O) groups is 4. The summed E-state index contributed by atoms with van der Waals surface area (Å²) in [5.74, 6) is -2.35. The Balaban J connectivity index is 2.20. The molecule has 0 aliphatic heterocycles. The normalized spacial score (nSPS) is 13.5. The lowest BCUT2D eigenvalue weighted by Crippen LogP contribution is -2.63. The van der Waals surface area contributed by atoms with E-state index in [0.29, 0.717) is 0 Å². The van der Waals surface area contributed by atoms with Crippen molar-refractivity contribution in [1.82, 2.24) is 21.3 Å². The van der Waals surface area contributed by atoms with Gasteiger partial charge in [0.15, 0.2) is 0 Å². The average molecular weight is 615 g/mol. The smallest absolute Gasteiger partial charge is 0.408 e. The molecule has 7 N–H and O–H groups in total. The van der Waals surface area contributed by atoms with E-state index in [1.54, 1.807) is 56.3 Å². The minimum atomic E-state index is -1.70. The van der Waals surface area contributed by atoms with Crippen LogP contribution in [0.2, 0.25) is 0 Å². The van der Waals surface area contributed by atoms with Crippen LogP contribution in [0.1, 0.15) is 45.2 Å². The van der Waals surface area contributed by atoms with Crippen LogP contribution in [0.25, 0.3) is 0 Å². The van der Waals surface area contributed by atoms with Crippen LogP contribution in [0.5, 0.6) is 0 Å². The van der Waals surface area contributed by atoms with E-state index < -0.39 is 67.3 Å². The van der Waals surface area contributed by atoms with Gasteiger partial charge in [-0.2, -0.15) is 0 Å². The number of hydrogen-bond donors (Lipinski definition) is 7. The van der Waals surface area contributed by atoms with Gasteiger partial charge in [-0.15, -0.1) is 0 Å². The van der Waals surface area contributed by atoms with E-state index in [1.165, 1.54) is 0 Å². The molecule has 0 unspecified atom stereocenters. The molecule has 12 heteroatoms. The van der Waals surface area contributed by atoms with Crippen molar-refractivity contribution in [1.29, 1.82) is 0 Å². The molecular weight excluding hydrogens is 568 g/mol. The van der Waals surface area contributed by atoms with Crippen molar-refractivity contribution in [2.75, 3.05) is 19.8 Å². The van der Waals surface area contributed by atoms with Crippen molar-refractivity contribution >= 4 is 23.8 Å². The molecule has 0 aliphatic rings. The first-order valence-corrected chi connectivity index (χ1v) is 14.7. The van der Waals surface area contributed by atoms with Crippen molar-refractivity contribution in [3.05, 3.63) is 71.8 Å². The van der Waals surface area contributed by atoms with Crippen LogP contribution in [0, 0.1) is 11.8 Å². The second kappa shape index (κ2) is 18.0. The van der Waals surface area contributed by atoms with E-state index in [0.717, 1.165) is 11.1 Å². The molecule has 4 amide bonds. The Kier molecular flexibility index (Phi) is 14.8. The second-order valence-corrected chi connectivity index (χ2v) is 11.6. The van der Waals surface area contributed by atoms with Crippen molar-refractivity contribution in [2.24, 2.45) is 11.8 Å². The molecular formula is C32H46N4O8. The number of aliphatic hydroxyl groups excluding tert-OH is 3. The van der Waals surface area contributed by atoms with E-state index in [4.69, 9.17) is 4.74 Å². The molecule has 12 nitrogen and oxygen atoms in total. The Bertz CT molecular complexity index is 1180. The molecule has 0 saturated heterocycles. The first kappa shape index (κ1) is 36.2. The number of carbonyl (C=O) groups excluding carboxylic acids is 4. The molecule has 0 heterocycles. The number of ether oxygens (including phenoxy) is 1. The number of nitrogens with one attached hydrogen (secondary N) is 4. The van der Waals surface area contributed by atoms with Gasteiger partial charge in [-0.3, -0.25) is 14.4 Å². The molecule has 44 heavy (non-hydrogen) atoms. The quantitative estimate of drug-likeness (QED) is 0.138. The Morgan fingerprint density at radius 3 is 1.73 bits per heavy atom. The Labute approximate surface area is 258 Å². The molecule has 242 valence electrons. The largest absolute Gasteiger partial charge is 0.445 e. The third-order valence-electron chi connectivity index (χ3n) is 6.99. The van der Waals surface area contributed by atoms with Crippen molar-refractivity contribution in [2.45, 2.75) is 70.8 Å². The monoisotopic (exact) mass is 614 g/mol. The Morgan fingerprint density at radius 2 is 1.23 bits per heavy atom. The van der Waals surface area contributed by atoms with E-state index >= 15 is 0 Å². The molecule has 2 aromatic carbocycles. The number of amides is 4. The zero-order chi connectivity index (χ0) is 32.7. The third kappa shape index (κ3) is 11.6. The van der Waals surface area contributed by atoms with Crippen LogP contribution in [0.4, 0.5) is 4.79 Å². The third-order valence-corrected chi connectivity index (χ3v) is 6.99. The van der Waals surface area contributed by atoms with Crippen molar-refractivity contribution < 1.29 is 39.2 Å². The number of rotatable bonds is 17. The highest BCUT2D eigenvalue weighted by molar-refractivity contribution is 5.94. The van der Waals surface area contributed by atoms with Crippen LogP contribution >= 0.6 is 0 Å². The van der Waals surface area contributed by atoms with E-state index in [9.17, 15) is 34.5 Å². The van der Waals surface area contributed by atoms with Gasteiger partial charge in [0.05, 0.1) is 19.8 Å². The molecule has 0 spiro atoms. The molecule has 0 bridgehead atoms. The summed E-state index contributed by atoms with van der Waals surface area (Å²) < 4.78 is 5.27. The Morgan fingerprint density at radius 1 is 0.705 bits per heavy atom. The van der Waals surface area contributed by atoms with Crippen LogP contribution in [0.3, 0.4) is 0 Å². The van der Waals surface area contributed by atoms with Gasteiger partial charge in [-0.05, 0) is 29.4 Å². The fourth-order valence-corrected chi connectivity index (χ4v) is 4.34. The zero-order valence-electron chi connectivity index (χ0n) is 25.8. The van der Waals surface area contributed by atoms with Gasteiger partial charge in [0.2, 0.25) is 17.7 Å². The zero-order valence-corrected chi connectivity index (χ0v) is 25.8. The predicted molar refractivity (Wildman–Crippen MR) is 164 cm³/mol. The summed E-state index contributed by atoms with van der Waals surface area (Å²) in [6, 6.07) is 14.7. The minimum absolute atomic E-state index is 0.0203. The second-order valence-electron chi connectivity index (χ2n) is 11.6. The van der Waals surface area contributed by atoms with Gasteiger partial charge in [0.25, 0.3) is 0 Å². The molecule has 0 saturated carbocycles. The maximum atomic E-state index is 13.6. The summed E-state index contributed by atoms with van der Waals surface area (Å²) in [5, 5.41) is 39.6. The van der Waals surface area contributed by atoms with Gasteiger partial charge in [-0.1, -0.05) is 88.4 Å². The molecule has 2 aromatic rings. The standard InChI is InChI=1S/C32H46N4O8/c1-21(2)15-25(34-30(42)27(22(3)4)35-31(43)44-17-24-13-9-6-10-14-24)28(40)33-26(16-23-11-7-5-8-12-23)29(41)36-32(18-37,19-38)20-39/h5-14,21-22,25-27,37-39H,15-20H2,1-4H3,(H,33,40)(H,34,42)(H,35,43)(H,36,41)/t25-,26-,27-/m0/s1. The van der Waals surface area contributed by atoms with Crippen LogP contribution < -0.4 is 21.3 Å². The summed E-state index contributed by atoms with van der Waals surface area (Å²) in [6.45, 7) is 5.05. The number of aliphatic hydroxyl groups is 3. The predicted octanol–water partition coefficient (Wildman–Crippen LogP) is 1.03. The van der Waals surface area contributed by atoms with E-state index in [1.807, 2.05) is 32.0 Å². The summed E-state index contributed by atoms with van der Waals surface area (Å²) >= 11 is 0. The lowest BCUT2D eigenvalue weighted by Gasteiger charge is -2.32. The molecule has 0 aliphatic carbocycles. The van der Waals surface area contributed by atoms with E-state index in [-0.39, 0.29) is 31.3 Å². The molecule has 3 atom stereocenters. The fourth-order valence-electron chi connectivity index (χ4n) is 4.34. The lowest BCUT2D eigenvalue weighted by molar-refractivity contribution is -0.134. The highest BCUT2D eigenvalue weighted by atomic mass is 16.5.